The van der Waals surface area contributed by atoms with E-state index in [1.165, 1.54) is 0 Å². The van der Waals surface area contributed by atoms with Gasteiger partial charge in [0.2, 0.25) is 0 Å². The molecule has 0 aliphatic heterocycles. The van der Waals surface area contributed by atoms with Gasteiger partial charge in [0.1, 0.15) is 12.3 Å². The number of halogens is 2. The van der Waals surface area contributed by atoms with Crippen LogP contribution in [0, 0.1) is 0 Å². The van der Waals surface area contributed by atoms with E-state index >= 15 is 0 Å². The van der Waals surface area contributed by atoms with Gasteiger partial charge in [0, 0.05) is 11.3 Å². The van der Waals surface area contributed by atoms with Crippen LogP contribution in [0.25, 0.3) is 0 Å². The van der Waals surface area contributed by atoms with Crippen LogP contribution in [0.3, 0.4) is 0 Å². The molecule has 0 aliphatic rings. The third-order valence-corrected chi connectivity index (χ3v) is 4.14. The summed E-state index contributed by atoms with van der Waals surface area (Å²) in [5, 5.41) is 3.95. The number of carbonyl (C=O) groups excluding carboxylic acids is 1. The number of anilines is 1. The summed E-state index contributed by atoms with van der Waals surface area (Å²) in [6.45, 7) is 3.60. The van der Waals surface area contributed by atoms with Crippen LogP contribution in [0.15, 0.2) is 42.5 Å². The fourth-order valence-electron chi connectivity index (χ4n) is 2.34. The fraction of sp³-hybridized carbons (Fsp3) is 0.278. The summed E-state index contributed by atoms with van der Waals surface area (Å²) in [5.74, 6) is 0.745. The summed E-state index contributed by atoms with van der Waals surface area (Å²) in [7, 11) is 1.96. The van der Waals surface area contributed by atoms with E-state index in [-0.39, 0.29) is 5.91 Å². The van der Waals surface area contributed by atoms with Gasteiger partial charge in [-0.2, -0.15) is 0 Å². The molecule has 2 N–H and O–H groups in total. The summed E-state index contributed by atoms with van der Waals surface area (Å²) in [5.41, 5.74) is 1.79. The minimum atomic E-state index is -0.0447. The Balaban J connectivity index is 1.85. The number of amides is 1. The Morgan fingerprint density at radius 3 is 2.46 bits per heavy atom. The van der Waals surface area contributed by atoms with Gasteiger partial charge in [0.05, 0.1) is 23.7 Å². The van der Waals surface area contributed by atoms with Crippen LogP contribution < -0.4 is 15.0 Å². The highest BCUT2D eigenvalue weighted by Crippen LogP contribution is 2.22. The summed E-state index contributed by atoms with van der Waals surface area (Å²) in [6.07, 6.45) is 0. The molecule has 0 aromatic heterocycles. The molecule has 2 aromatic rings. The predicted molar refractivity (Wildman–Crippen MR) is 98.2 cm³/mol. The second-order valence-electron chi connectivity index (χ2n) is 5.56. The number of hydrogen-bond donors (Lipinski definition) is 2. The minimum absolute atomic E-state index is 0.0447. The molecule has 2 aromatic carbocycles. The molecule has 1 unspecified atom stereocenters. The number of rotatable bonds is 7. The molecule has 2 rings (SSSR count). The topological polar surface area (TPSA) is 42.8 Å². The molecule has 4 nitrogen and oxygen atoms in total. The molecule has 1 amide bonds. The van der Waals surface area contributed by atoms with Crippen LogP contribution in [0.5, 0.6) is 5.75 Å². The normalized spacial score (nSPS) is 11.8. The van der Waals surface area contributed by atoms with Crippen molar-refractivity contribution in [2.45, 2.75) is 13.5 Å². The standard InChI is InChI=1S/C18H20Cl2N2O2/c1-3-24-15-7-5-14(6-8-15)21-18(23)12-22(2)11-13-4-9-16(19)17(20)10-13/h4-10H,3,11-12H2,1-2H3,(H,21,23)/p+1. The molecule has 0 fully saturated rings. The lowest BCUT2D eigenvalue weighted by Gasteiger charge is -2.14. The lowest BCUT2D eigenvalue weighted by atomic mass is 10.2. The predicted octanol–water partition coefficient (Wildman–Crippen LogP) is 3.05. The zero-order valence-corrected chi connectivity index (χ0v) is 15.2. The molecule has 24 heavy (non-hydrogen) atoms. The third kappa shape index (κ3) is 5.71. The maximum absolute atomic E-state index is 12.1. The van der Waals surface area contributed by atoms with Crippen molar-refractivity contribution in [2.24, 2.45) is 0 Å². The summed E-state index contributed by atoms with van der Waals surface area (Å²) >= 11 is 11.9. The molecule has 0 heterocycles. The number of carbonyl (C=O) groups is 1. The highest BCUT2D eigenvalue weighted by Gasteiger charge is 2.12. The Kier molecular flexibility index (Phi) is 6.91. The van der Waals surface area contributed by atoms with E-state index in [0.29, 0.717) is 29.7 Å². The van der Waals surface area contributed by atoms with Gasteiger partial charge in [-0.25, -0.2) is 0 Å². The molecule has 6 heteroatoms. The molecule has 0 aliphatic carbocycles. The third-order valence-electron chi connectivity index (χ3n) is 3.40. The number of benzene rings is 2. The second kappa shape index (κ2) is 8.92. The molecule has 0 saturated carbocycles. The smallest absolute Gasteiger partial charge is 0.279 e. The maximum atomic E-state index is 12.1. The first kappa shape index (κ1) is 18.6. The van der Waals surface area contributed by atoms with Crippen LogP contribution in [-0.4, -0.2) is 26.1 Å². The number of hydrogen-bond acceptors (Lipinski definition) is 2. The zero-order chi connectivity index (χ0) is 17.5. The first-order valence-electron chi connectivity index (χ1n) is 7.76. The molecule has 128 valence electrons. The number of likely N-dealkylation sites (N-methyl/N-ethyl adjacent to an activating group) is 1. The number of nitrogens with one attached hydrogen (secondary N) is 2. The Morgan fingerprint density at radius 2 is 1.83 bits per heavy atom. The van der Waals surface area contributed by atoms with Crippen molar-refractivity contribution < 1.29 is 14.4 Å². The largest absolute Gasteiger partial charge is 0.494 e. The number of ether oxygens (including phenoxy) is 1. The van der Waals surface area contributed by atoms with Crippen LogP contribution in [0.4, 0.5) is 5.69 Å². The first-order chi connectivity index (χ1) is 11.5. The van der Waals surface area contributed by atoms with Crippen LogP contribution >= 0.6 is 23.2 Å². The van der Waals surface area contributed by atoms with Crippen LogP contribution in [-0.2, 0) is 11.3 Å². The van der Waals surface area contributed by atoms with E-state index in [9.17, 15) is 4.79 Å². The molecule has 0 saturated heterocycles. The summed E-state index contributed by atoms with van der Waals surface area (Å²) in [4.78, 5) is 13.2. The molecule has 1 atom stereocenters. The van der Waals surface area contributed by atoms with Crippen molar-refractivity contribution in [1.82, 2.24) is 0 Å². The summed E-state index contributed by atoms with van der Waals surface area (Å²) < 4.78 is 5.38. The van der Waals surface area contributed by atoms with E-state index in [4.69, 9.17) is 27.9 Å². The Hall–Kier alpha value is -1.75. The van der Waals surface area contributed by atoms with Crippen molar-refractivity contribution in [2.75, 3.05) is 25.5 Å². The Bertz CT molecular complexity index is 690. The average Bonchev–Trinajstić information content (AvgIpc) is 2.53. The van der Waals surface area contributed by atoms with Crippen LogP contribution in [0.1, 0.15) is 12.5 Å². The van der Waals surface area contributed by atoms with Gasteiger partial charge in [-0.3, -0.25) is 4.79 Å². The van der Waals surface area contributed by atoms with Crippen molar-refractivity contribution in [3.8, 4) is 5.75 Å². The summed E-state index contributed by atoms with van der Waals surface area (Å²) in [6, 6.07) is 12.9. The van der Waals surface area contributed by atoms with Gasteiger partial charge in [-0.15, -0.1) is 0 Å². The fourth-order valence-corrected chi connectivity index (χ4v) is 2.66. The first-order valence-corrected chi connectivity index (χ1v) is 8.51. The van der Waals surface area contributed by atoms with Gasteiger partial charge in [-0.05, 0) is 43.3 Å². The van der Waals surface area contributed by atoms with Crippen molar-refractivity contribution in [3.63, 3.8) is 0 Å². The molecular formula is C18H21Cl2N2O2+. The van der Waals surface area contributed by atoms with Crippen LogP contribution in [0.2, 0.25) is 10.0 Å². The number of quaternary nitrogens is 1. The van der Waals surface area contributed by atoms with Gasteiger partial charge < -0.3 is 15.0 Å². The van der Waals surface area contributed by atoms with Gasteiger partial charge in [-0.1, -0.05) is 29.3 Å². The second-order valence-corrected chi connectivity index (χ2v) is 6.38. The average molecular weight is 368 g/mol. The lowest BCUT2D eigenvalue weighted by Crippen LogP contribution is -3.08. The Morgan fingerprint density at radius 1 is 1.12 bits per heavy atom. The van der Waals surface area contributed by atoms with E-state index in [1.807, 2.05) is 50.4 Å². The van der Waals surface area contributed by atoms with Gasteiger partial charge >= 0.3 is 0 Å². The van der Waals surface area contributed by atoms with E-state index in [1.54, 1.807) is 6.07 Å². The zero-order valence-electron chi connectivity index (χ0n) is 13.7. The van der Waals surface area contributed by atoms with Crippen molar-refractivity contribution >= 4 is 34.8 Å². The Labute approximate surface area is 152 Å². The van der Waals surface area contributed by atoms with E-state index < -0.39 is 0 Å². The minimum Gasteiger partial charge on any atom is -0.494 e. The van der Waals surface area contributed by atoms with Gasteiger partial charge in [0.15, 0.2) is 6.54 Å². The quantitative estimate of drug-likeness (QED) is 0.789. The van der Waals surface area contributed by atoms with Crippen molar-refractivity contribution in [1.29, 1.82) is 0 Å². The van der Waals surface area contributed by atoms with E-state index in [0.717, 1.165) is 21.9 Å². The molecule has 0 bridgehead atoms. The van der Waals surface area contributed by atoms with Crippen molar-refractivity contribution in [3.05, 3.63) is 58.1 Å². The maximum Gasteiger partial charge on any atom is 0.279 e. The SMILES string of the molecule is CCOc1ccc(NC(=O)C[NH+](C)Cc2ccc(Cl)c(Cl)c2)cc1. The lowest BCUT2D eigenvalue weighted by molar-refractivity contribution is -0.885. The highest BCUT2D eigenvalue weighted by molar-refractivity contribution is 6.42. The van der Waals surface area contributed by atoms with E-state index in [2.05, 4.69) is 5.32 Å². The van der Waals surface area contributed by atoms with Gasteiger partial charge in [0.25, 0.3) is 5.91 Å². The molecule has 0 radical (unpaired) electrons. The highest BCUT2D eigenvalue weighted by atomic mass is 35.5. The molecule has 0 spiro atoms. The monoisotopic (exact) mass is 367 g/mol. The molecular weight excluding hydrogens is 347 g/mol.